The van der Waals surface area contributed by atoms with Gasteiger partial charge in [-0.15, -0.1) is 11.3 Å². The van der Waals surface area contributed by atoms with Gasteiger partial charge in [-0.3, -0.25) is 9.67 Å². The number of aromatic amines is 1. The molecule has 0 bridgehead atoms. The number of rotatable bonds is 3. The van der Waals surface area contributed by atoms with Crippen LogP contribution in [0, 0.1) is 11.7 Å². The Hall–Kier alpha value is -1.72. The normalized spacial score (nSPS) is 10.8. The number of aromatic nitrogens is 3. The van der Waals surface area contributed by atoms with E-state index in [4.69, 9.17) is 12.2 Å². The first-order valence-corrected chi connectivity index (χ1v) is 7.27. The van der Waals surface area contributed by atoms with Crippen LogP contribution >= 0.6 is 23.6 Å². The maximum absolute atomic E-state index is 5.32. The third-order valence-electron chi connectivity index (χ3n) is 2.96. The highest BCUT2D eigenvalue weighted by Crippen LogP contribution is 2.23. The molecule has 3 nitrogen and oxygen atoms in total. The van der Waals surface area contributed by atoms with E-state index in [-0.39, 0.29) is 0 Å². The molecule has 5 heteroatoms. The van der Waals surface area contributed by atoms with Gasteiger partial charge in [0.2, 0.25) is 0 Å². The van der Waals surface area contributed by atoms with Gasteiger partial charge in [-0.05, 0) is 36.2 Å². The van der Waals surface area contributed by atoms with Crippen molar-refractivity contribution in [2.75, 3.05) is 0 Å². The van der Waals surface area contributed by atoms with Gasteiger partial charge in [0, 0.05) is 0 Å². The van der Waals surface area contributed by atoms with E-state index in [1.165, 1.54) is 11.1 Å². The molecule has 0 spiro atoms. The highest BCUT2D eigenvalue weighted by Gasteiger charge is 2.09. The SMILES string of the molecule is Cc1ccc(Cn2c(-c3cccs3)n[nH]c2=S)cc1. The van der Waals surface area contributed by atoms with Crippen LogP contribution in [0.4, 0.5) is 0 Å². The molecule has 0 saturated carbocycles. The molecule has 3 aromatic rings. The molecule has 2 aromatic heterocycles. The maximum atomic E-state index is 5.32. The third kappa shape index (κ3) is 2.52. The van der Waals surface area contributed by atoms with Crippen molar-refractivity contribution in [2.45, 2.75) is 13.5 Å². The molecule has 19 heavy (non-hydrogen) atoms. The highest BCUT2D eigenvalue weighted by molar-refractivity contribution is 7.71. The highest BCUT2D eigenvalue weighted by atomic mass is 32.1. The third-order valence-corrected chi connectivity index (χ3v) is 4.14. The van der Waals surface area contributed by atoms with E-state index >= 15 is 0 Å². The Balaban J connectivity index is 1.99. The fourth-order valence-corrected chi connectivity index (χ4v) is 2.85. The topological polar surface area (TPSA) is 33.6 Å². The summed E-state index contributed by atoms with van der Waals surface area (Å²) in [6.45, 7) is 2.83. The van der Waals surface area contributed by atoms with E-state index in [0.717, 1.165) is 17.2 Å². The van der Waals surface area contributed by atoms with E-state index in [1.54, 1.807) is 11.3 Å². The molecule has 0 radical (unpaired) electrons. The van der Waals surface area contributed by atoms with Crippen molar-refractivity contribution in [1.82, 2.24) is 14.8 Å². The Bertz CT molecular complexity index is 721. The second-order valence-corrected chi connectivity index (χ2v) is 5.74. The van der Waals surface area contributed by atoms with Crippen LogP contribution in [-0.2, 0) is 6.54 Å². The van der Waals surface area contributed by atoms with E-state index in [0.29, 0.717) is 4.77 Å². The van der Waals surface area contributed by atoms with Crippen molar-refractivity contribution in [3.63, 3.8) is 0 Å². The summed E-state index contributed by atoms with van der Waals surface area (Å²) in [4.78, 5) is 1.12. The van der Waals surface area contributed by atoms with Gasteiger partial charge in [-0.1, -0.05) is 35.9 Å². The van der Waals surface area contributed by atoms with Gasteiger partial charge in [0.1, 0.15) is 0 Å². The van der Waals surface area contributed by atoms with Crippen LogP contribution in [-0.4, -0.2) is 14.8 Å². The molecule has 96 valence electrons. The molecular weight excluding hydrogens is 274 g/mol. The Morgan fingerprint density at radius 1 is 1.26 bits per heavy atom. The van der Waals surface area contributed by atoms with Crippen molar-refractivity contribution in [1.29, 1.82) is 0 Å². The molecule has 0 aliphatic heterocycles. The molecular formula is C14H13N3S2. The predicted octanol–water partition coefficient (Wildman–Crippen LogP) is 4.03. The molecule has 1 N–H and O–H groups in total. The number of nitrogens with one attached hydrogen (secondary N) is 1. The van der Waals surface area contributed by atoms with Gasteiger partial charge >= 0.3 is 0 Å². The number of nitrogens with zero attached hydrogens (tertiary/aromatic N) is 2. The minimum Gasteiger partial charge on any atom is -0.295 e. The molecule has 2 heterocycles. The van der Waals surface area contributed by atoms with Crippen LogP contribution < -0.4 is 0 Å². The zero-order chi connectivity index (χ0) is 13.2. The average molecular weight is 287 g/mol. The Labute approximate surface area is 120 Å². The summed E-state index contributed by atoms with van der Waals surface area (Å²) in [5.74, 6) is 0.903. The Morgan fingerprint density at radius 3 is 2.74 bits per heavy atom. The van der Waals surface area contributed by atoms with Crippen LogP contribution in [0.2, 0.25) is 0 Å². The average Bonchev–Trinajstić information content (AvgIpc) is 3.03. The number of benzene rings is 1. The Kier molecular flexibility index (Phi) is 3.31. The number of H-pyrrole nitrogens is 1. The van der Waals surface area contributed by atoms with Gasteiger partial charge in [0.15, 0.2) is 10.6 Å². The van der Waals surface area contributed by atoms with Crippen LogP contribution in [0.15, 0.2) is 41.8 Å². The summed E-state index contributed by atoms with van der Waals surface area (Å²) < 4.78 is 2.69. The molecule has 3 rings (SSSR count). The molecule has 0 unspecified atom stereocenters. The van der Waals surface area contributed by atoms with E-state index < -0.39 is 0 Å². The van der Waals surface area contributed by atoms with Crippen LogP contribution in [0.1, 0.15) is 11.1 Å². The molecule has 0 amide bonds. The van der Waals surface area contributed by atoms with Crippen LogP contribution in [0.3, 0.4) is 0 Å². The number of aryl methyl sites for hydroxylation is 1. The lowest BCUT2D eigenvalue weighted by atomic mass is 10.1. The van der Waals surface area contributed by atoms with E-state index in [9.17, 15) is 0 Å². The monoisotopic (exact) mass is 287 g/mol. The minimum absolute atomic E-state index is 0.656. The molecule has 0 fully saturated rings. The van der Waals surface area contributed by atoms with Crippen molar-refractivity contribution < 1.29 is 0 Å². The zero-order valence-corrected chi connectivity index (χ0v) is 12.1. The van der Waals surface area contributed by atoms with Crippen LogP contribution in [0.5, 0.6) is 0 Å². The van der Waals surface area contributed by atoms with E-state index in [2.05, 4.69) is 47.5 Å². The lowest BCUT2D eigenvalue weighted by Gasteiger charge is -2.06. The molecule has 0 aliphatic carbocycles. The minimum atomic E-state index is 0.656. The van der Waals surface area contributed by atoms with Crippen molar-refractivity contribution in [3.8, 4) is 10.7 Å². The lowest BCUT2D eigenvalue weighted by Crippen LogP contribution is -2.01. The summed E-state index contributed by atoms with van der Waals surface area (Å²) in [5, 5.41) is 9.25. The molecule has 1 aromatic carbocycles. The standard InChI is InChI=1S/C14H13N3S2/c1-10-4-6-11(7-5-10)9-17-13(15-16-14(17)18)12-3-2-8-19-12/h2-8H,9H2,1H3,(H,16,18). The molecule has 0 aliphatic rings. The van der Waals surface area contributed by atoms with Gasteiger partial charge in [-0.25, -0.2) is 0 Å². The van der Waals surface area contributed by atoms with Gasteiger partial charge in [0.05, 0.1) is 11.4 Å². The van der Waals surface area contributed by atoms with Gasteiger partial charge < -0.3 is 0 Å². The molecule has 0 atom stereocenters. The number of thiophene rings is 1. The van der Waals surface area contributed by atoms with Gasteiger partial charge in [-0.2, -0.15) is 5.10 Å². The smallest absolute Gasteiger partial charge is 0.195 e. The van der Waals surface area contributed by atoms with E-state index in [1.807, 2.05) is 16.0 Å². The second-order valence-electron chi connectivity index (χ2n) is 4.40. The largest absolute Gasteiger partial charge is 0.295 e. The summed E-state index contributed by atoms with van der Waals surface area (Å²) in [5.41, 5.74) is 2.49. The second kappa shape index (κ2) is 5.11. The summed E-state index contributed by atoms with van der Waals surface area (Å²) >= 11 is 6.99. The predicted molar refractivity (Wildman–Crippen MR) is 81.0 cm³/mol. The molecule has 0 saturated heterocycles. The van der Waals surface area contributed by atoms with Crippen LogP contribution in [0.25, 0.3) is 10.7 Å². The number of hydrogen-bond donors (Lipinski definition) is 1. The first kappa shape index (κ1) is 12.3. The first-order chi connectivity index (χ1) is 9.24. The summed E-state index contributed by atoms with van der Waals surface area (Å²) in [7, 11) is 0. The van der Waals surface area contributed by atoms with Crippen molar-refractivity contribution in [3.05, 3.63) is 57.7 Å². The van der Waals surface area contributed by atoms with Crippen molar-refractivity contribution in [2.24, 2.45) is 0 Å². The van der Waals surface area contributed by atoms with Gasteiger partial charge in [0.25, 0.3) is 0 Å². The lowest BCUT2D eigenvalue weighted by molar-refractivity contribution is 0.791. The number of hydrogen-bond acceptors (Lipinski definition) is 3. The summed E-state index contributed by atoms with van der Waals surface area (Å²) in [6.07, 6.45) is 0. The fourth-order valence-electron chi connectivity index (χ4n) is 1.93. The fraction of sp³-hybridized carbons (Fsp3) is 0.143. The summed E-state index contributed by atoms with van der Waals surface area (Å²) in [6, 6.07) is 12.6. The first-order valence-electron chi connectivity index (χ1n) is 5.98. The quantitative estimate of drug-likeness (QED) is 0.738. The zero-order valence-electron chi connectivity index (χ0n) is 10.5. The maximum Gasteiger partial charge on any atom is 0.195 e. The Morgan fingerprint density at radius 2 is 2.05 bits per heavy atom. The van der Waals surface area contributed by atoms with Crippen molar-refractivity contribution >= 4 is 23.6 Å².